The number of piperazine rings is 1. The molecule has 8 N–H and O–H groups in total. The number of carbonyl (C=O) groups is 7. The van der Waals surface area contributed by atoms with Gasteiger partial charge in [0, 0.05) is 67.6 Å². The summed E-state index contributed by atoms with van der Waals surface area (Å²) in [5.74, 6) is -3.96. The van der Waals surface area contributed by atoms with Crippen molar-refractivity contribution in [3.63, 3.8) is 0 Å². The maximum Gasteiger partial charge on any atom is 0.271 e. The smallest absolute Gasteiger partial charge is 0.271 e. The Labute approximate surface area is 370 Å². The number of nitrogens with two attached hydrogens (primary N) is 2. The molecule has 7 rings (SSSR count). The lowest BCUT2D eigenvalue weighted by molar-refractivity contribution is -0.139. The molecule has 4 heterocycles. The van der Waals surface area contributed by atoms with Crippen LogP contribution in [0.25, 0.3) is 0 Å². The van der Waals surface area contributed by atoms with E-state index < -0.39 is 47.6 Å². The lowest BCUT2D eigenvalue weighted by Gasteiger charge is -2.44. The van der Waals surface area contributed by atoms with Crippen LogP contribution in [0.2, 0.25) is 10.0 Å². The van der Waals surface area contributed by atoms with E-state index in [2.05, 4.69) is 21.3 Å². The third-order valence-electron chi connectivity index (χ3n) is 11.2. The summed E-state index contributed by atoms with van der Waals surface area (Å²) in [6.45, 7) is 4.81. The van der Waals surface area contributed by atoms with E-state index in [1.807, 2.05) is 13.8 Å². The third-order valence-corrected chi connectivity index (χ3v) is 11.9. The Morgan fingerprint density at radius 1 is 0.968 bits per heavy atom. The van der Waals surface area contributed by atoms with Gasteiger partial charge in [-0.25, -0.2) is 4.39 Å². The molecule has 1 unspecified atom stereocenters. The molecule has 4 atom stereocenters. The van der Waals surface area contributed by atoms with Crippen LogP contribution in [0, 0.1) is 5.82 Å². The first-order valence-electron chi connectivity index (χ1n) is 20.2. The second-order valence-corrected chi connectivity index (χ2v) is 16.4. The van der Waals surface area contributed by atoms with Crippen molar-refractivity contribution < 1.29 is 42.7 Å². The number of hydrogen-bond donors (Lipinski definition) is 6. The van der Waals surface area contributed by atoms with Crippen molar-refractivity contribution in [2.24, 2.45) is 11.5 Å². The Morgan fingerprint density at radius 2 is 1.68 bits per heavy atom. The van der Waals surface area contributed by atoms with Gasteiger partial charge >= 0.3 is 0 Å². The van der Waals surface area contributed by atoms with Crippen LogP contribution >= 0.6 is 23.2 Å². The Kier molecular flexibility index (Phi) is 12.9. The molecular weight excluding hydrogens is 860 g/mol. The van der Waals surface area contributed by atoms with E-state index in [4.69, 9.17) is 39.4 Å². The molecule has 63 heavy (non-hydrogen) atoms. The second kappa shape index (κ2) is 18.4. The number of rotatable bonds is 12. The molecule has 7 amide bonds. The number of benzene rings is 3. The lowest BCUT2D eigenvalue weighted by atomic mass is 10.0. The van der Waals surface area contributed by atoms with E-state index in [-0.39, 0.29) is 87.2 Å². The predicted molar refractivity (Wildman–Crippen MR) is 229 cm³/mol. The number of nitrogens with one attached hydrogen (secondary N) is 4. The number of piperidine rings is 1. The normalized spacial score (nSPS) is 21.2. The summed E-state index contributed by atoms with van der Waals surface area (Å²) in [6.07, 6.45) is 1.65. The SMILES string of the molecule is C[C@@H]1CN(C(=O)c2ccc(NC(=O)/C(N)=C/C3=C(N)N[C@H](c4c(Cl)ccc(F)c4Cl)O3)cc2)C[C@H](C)N1C(=O)CCCCNc1cccc2c1C(=O)N(C1CCC(=O)NC1=O)C2=O. The van der Waals surface area contributed by atoms with Gasteiger partial charge < -0.3 is 42.0 Å². The molecule has 3 aromatic rings. The Bertz CT molecular complexity index is 2470. The van der Waals surface area contributed by atoms with Crippen molar-refractivity contribution in [3.8, 4) is 0 Å². The van der Waals surface area contributed by atoms with Crippen LogP contribution < -0.4 is 32.7 Å². The highest BCUT2D eigenvalue weighted by atomic mass is 35.5. The molecule has 17 nitrogen and oxygen atoms in total. The second-order valence-electron chi connectivity index (χ2n) is 15.6. The molecule has 0 aromatic heterocycles. The number of allylic oxidation sites excluding steroid dienone is 1. The number of anilines is 2. The fourth-order valence-electron chi connectivity index (χ4n) is 8.14. The zero-order valence-corrected chi connectivity index (χ0v) is 35.6. The van der Waals surface area contributed by atoms with Crippen LogP contribution in [-0.2, 0) is 23.9 Å². The summed E-state index contributed by atoms with van der Waals surface area (Å²) >= 11 is 12.3. The van der Waals surface area contributed by atoms with Crippen molar-refractivity contribution in [3.05, 3.63) is 116 Å². The van der Waals surface area contributed by atoms with Crippen LogP contribution in [0.4, 0.5) is 15.8 Å². The standard InChI is InChI=1S/C43H44Cl2FN9O8/c1-21-19-53(41(60)23-9-11-24(12-10-23)50-38(58)28(47)18-31-37(48)52-40(63-31)35-26(44)13-14-27(46)36(35)45)20-22(2)54(21)33(57)8-3-4-17-49-29-7-5-6-25-34(29)43(62)55(42(25)61)30-15-16-32(56)51-39(30)59/h5-7,9-14,18,21-22,30,40,49,52H,3-4,8,15-17,19-20,47-48H2,1-2H3,(H,50,58)(H,51,56,59)/b28-18-/t21-,22+,30?,40-/m0/s1. The van der Waals surface area contributed by atoms with Crippen molar-refractivity contribution in [1.29, 1.82) is 0 Å². The van der Waals surface area contributed by atoms with Crippen molar-refractivity contribution in [1.82, 2.24) is 25.3 Å². The maximum absolute atomic E-state index is 14.1. The summed E-state index contributed by atoms with van der Waals surface area (Å²) in [7, 11) is 0. The number of unbranched alkanes of at least 4 members (excludes halogenated alkanes) is 1. The molecule has 4 aliphatic rings. The summed E-state index contributed by atoms with van der Waals surface area (Å²) in [4.78, 5) is 94.9. The van der Waals surface area contributed by atoms with Crippen LogP contribution in [0.1, 0.15) is 88.8 Å². The van der Waals surface area contributed by atoms with Gasteiger partial charge in [-0.15, -0.1) is 0 Å². The fourth-order valence-corrected chi connectivity index (χ4v) is 8.71. The van der Waals surface area contributed by atoms with Gasteiger partial charge in [-0.2, -0.15) is 0 Å². The lowest BCUT2D eigenvalue weighted by Crippen LogP contribution is -2.59. The highest BCUT2D eigenvalue weighted by Gasteiger charge is 2.45. The van der Waals surface area contributed by atoms with E-state index in [0.717, 1.165) is 11.0 Å². The third kappa shape index (κ3) is 9.13. The minimum absolute atomic E-state index is 0.0121. The molecule has 4 aliphatic heterocycles. The molecule has 3 aromatic carbocycles. The highest BCUT2D eigenvalue weighted by Crippen LogP contribution is 2.37. The van der Waals surface area contributed by atoms with Crippen LogP contribution in [0.5, 0.6) is 0 Å². The number of nitrogens with zero attached hydrogens (tertiary/aromatic N) is 3. The van der Waals surface area contributed by atoms with Gasteiger partial charge in [-0.1, -0.05) is 29.3 Å². The molecule has 0 spiro atoms. The summed E-state index contributed by atoms with van der Waals surface area (Å²) in [5, 5.41) is 10.7. The number of amides is 7. The molecule has 330 valence electrons. The number of imide groups is 2. The summed E-state index contributed by atoms with van der Waals surface area (Å²) in [5.41, 5.74) is 13.5. The van der Waals surface area contributed by atoms with Gasteiger partial charge in [0.2, 0.25) is 23.9 Å². The minimum atomic E-state index is -1.06. The van der Waals surface area contributed by atoms with Gasteiger partial charge in [0.25, 0.3) is 23.6 Å². The molecule has 2 fully saturated rings. The number of ether oxygens (including phenoxy) is 1. The molecule has 0 aliphatic carbocycles. The number of fused-ring (bicyclic) bond motifs is 1. The zero-order chi connectivity index (χ0) is 45.3. The van der Waals surface area contributed by atoms with E-state index in [1.54, 1.807) is 46.2 Å². The van der Waals surface area contributed by atoms with Crippen molar-refractivity contribution >= 4 is 75.9 Å². The van der Waals surface area contributed by atoms with Crippen LogP contribution in [-0.4, -0.2) is 93.8 Å². The fraction of sp³-hybridized carbons (Fsp3) is 0.326. The van der Waals surface area contributed by atoms with Gasteiger partial charge in [0.15, 0.2) is 5.76 Å². The van der Waals surface area contributed by atoms with E-state index in [0.29, 0.717) is 49.4 Å². The Balaban J connectivity index is 0.863. The monoisotopic (exact) mass is 903 g/mol. The first-order chi connectivity index (χ1) is 30.0. The quantitative estimate of drug-likeness (QED) is 0.0652. The van der Waals surface area contributed by atoms with Gasteiger partial charge in [-0.3, -0.25) is 43.8 Å². The first kappa shape index (κ1) is 44.4. The minimum Gasteiger partial charge on any atom is -0.462 e. The molecule has 2 saturated heterocycles. The predicted octanol–water partition coefficient (Wildman–Crippen LogP) is 4.11. The van der Waals surface area contributed by atoms with Crippen molar-refractivity contribution in [2.45, 2.75) is 70.3 Å². The first-order valence-corrected chi connectivity index (χ1v) is 20.9. The average Bonchev–Trinajstić information content (AvgIpc) is 3.73. The molecule has 0 saturated carbocycles. The topological polar surface area (TPSA) is 239 Å². The Morgan fingerprint density at radius 3 is 2.38 bits per heavy atom. The number of hydrogen-bond acceptors (Lipinski definition) is 12. The Hall–Kier alpha value is -6.66. The molecular formula is C43H44Cl2FN9O8. The molecule has 20 heteroatoms. The molecule has 0 radical (unpaired) electrons. The van der Waals surface area contributed by atoms with Crippen LogP contribution in [0.3, 0.4) is 0 Å². The average molecular weight is 905 g/mol. The number of halogens is 3. The van der Waals surface area contributed by atoms with Gasteiger partial charge in [0.1, 0.15) is 23.4 Å². The summed E-state index contributed by atoms with van der Waals surface area (Å²) in [6, 6.07) is 12.0. The van der Waals surface area contributed by atoms with Crippen molar-refractivity contribution in [2.75, 3.05) is 30.3 Å². The maximum atomic E-state index is 14.1. The zero-order valence-electron chi connectivity index (χ0n) is 34.1. The van der Waals surface area contributed by atoms with Crippen LogP contribution in [0.15, 0.2) is 78.0 Å². The van der Waals surface area contributed by atoms with E-state index in [9.17, 15) is 38.0 Å². The molecule has 0 bridgehead atoms. The van der Waals surface area contributed by atoms with Gasteiger partial charge in [-0.05, 0) is 81.6 Å². The highest BCUT2D eigenvalue weighted by molar-refractivity contribution is 6.36. The number of carbonyl (C=O) groups excluding carboxylic acids is 7. The largest absolute Gasteiger partial charge is 0.462 e. The van der Waals surface area contributed by atoms with Gasteiger partial charge in [0.05, 0.1) is 26.7 Å². The van der Waals surface area contributed by atoms with E-state index >= 15 is 0 Å². The summed E-state index contributed by atoms with van der Waals surface area (Å²) < 4.78 is 19.8. The van der Waals surface area contributed by atoms with E-state index in [1.165, 1.54) is 18.2 Å².